The number of hydrogen-bond donors (Lipinski definition) is 3. The van der Waals surface area contributed by atoms with Gasteiger partial charge in [0.1, 0.15) is 85.3 Å². The van der Waals surface area contributed by atoms with Crippen LogP contribution in [0.15, 0.2) is 122 Å². The van der Waals surface area contributed by atoms with Crippen molar-refractivity contribution in [2.75, 3.05) is 73.1 Å². The minimum atomic E-state index is -0.639. The van der Waals surface area contributed by atoms with E-state index >= 15 is 0 Å². The second-order valence-electron chi connectivity index (χ2n) is 25.9. The van der Waals surface area contributed by atoms with Gasteiger partial charge in [0, 0.05) is 146 Å². The number of imidazole rings is 2. The number of nitriles is 2. The van der Waals surface area contributed by atoms with Gasteiger partial charge >= 0.3 is 41.5 Å². The van der Waals surface area contributed by atoms with Gasteiger partial charge in [0.05, 0.1) is 18.0 Å². The molecule has 2 saturated heterocycles. The summed E-state index contributed by atoms with van der Waals surface area (Å²) in [6.07, 6.45) is 18.4. The molecule has 2 aliphatic heterocycles. The molecule has 0 bridgehead atoms. The van der Waals surface area contributed by atoms with E-state index in [-0.39, 0.29) is 58.8 Å². The van der Waals surface area contributed by atoms with Crippen molar-refractivity contribution in [1.29, 1.82) is 10.5 Å². The predicted molar refractivity (Wildman–Crippen MR) is 407 cm³/mol. The molecular weight excluding hydrogens is 1410 g/mol. The van der Waals surface area contributed by atoms with E-state index in [9.17, 15) is 43.6 Å². The number of aliphatic hydroxyl groups is 2. The van der Waals surface area contributed by atoms with Gasteiger partial charge in [0.2, 0.25) is 5.97 Å². The molecule has 24 nitrogen and oxygen atoms in total. The minimum Gasteiger partial charge on any atom is -0.793 e. The molecule has 30 heteroatoms. The Morgan fingerprint density at radius 1 is 0.636 bits per heavy atom. The van der Waals surface area contributed by atoms with Crippen LogP contribution < -0.4 is 54.9 Å². The molecule has 3 radical (unpaired) electrons. The number of nitrogens with two attached hydrogens (primary N) is 1. The molecule has 10 aromatic rings. The van der Waals surface area contributed by atoms with Crippen LogP contribution in [0.2, 0.25) is 0 Å². The van der Waals surface area contributed by atoms with Crippen LogP contribution in [0, 0.1) is 45.6 Å². The molecule has 2 aliphatic carbocycles. The maximum absolute atomic E-state index is 13.6. The Morgan fingerprint density at radius 3 is 1.35 bits per heavy atom. The van der Waals surface area contributed by atoms with Crippen LogP contribution in [-0.2, 0) is 46.4 Å². The summed E-state index contributed by atoms with van der Waals surface area (Å²) in [5, 5.41) is 39.0. The summed E-state index contributed by atoms with van der Waals surface area (Å²) in [5.41, 5.74) is 15.4. The summed E-state index contributed by atoms with van der Waals surface area (Å²) >= 11 is 2.60. The maximum atomic E-state index is 13.6. The third-order valence-electron chi connectivity index (χ3n) is 18.3. The number of hydrogen-bond acceptors (Lipinski definition) is 24. The number of Topliss-reactive ketones (excluding diaryl/α,β-unsaturated/α-hetero) is 1. The SMILES string of the molecule is CC(=O)OOC(C)=O.CCc1nc2ccc(-c3ccc(N4CCC(=O)CC4)nc3)cn2c1N(C)c1nc(-c2ccc(F)cc2)c(C#N)s1.CCc1nc2ccc(-c3ccc(N4CCC(CC5(CO)CC5)CC4)nc3)cn2c1N(C)c1nc(-c2ccc(F)cc2)c(C#N)s1.NC1(CO)CC1.[2H]CC.[B-]OC(C)=O.[Na+]. The van der Waals surface area contributed by atoms with Gasteiger partial charge < -0.3 is 48.2 Å². The number of nitrogens with zero attached hydrogens (tertiary/aromatic N) is 14. The number of fused-ring (bicyclic) bond motifs is 2. The first kappa shape index (κ1) is 81.5. The molecule has 0 amide bonds. The maximum Gasteiger partial charge on any atom is 1.00 e. The Balaban J connectivity index is 0.000000212. The molecular formula is C77H86BF2N15NaO9S2. The van der Waals surface area contributed by atoms with E-state index in [0.717, 1.165) is 134 Å². The Morgan fingerprint density at radius 2 is 1.03 bits per heavy atom. The number of ketones is 1. The van der Waals surface area contributed by atoms with E-state index < -0.39 is 17.9 Å². The van der Waals surface area contributed by atoms with Crippen LogP contribution in [-0.4, -0.2) is 140 Å². The molecule has 10 heterocycles. The van der Waals surface area contributed by atoms with Crippen molar-refractivity contribution in [3.8, 4) is 56.9 Å². The molecule has 4 aliphatic rings. The normalized spacial score (nSPS) is 14.5. The molecule has 14 rings (SSSR count). The summed E-state index contributed by atoms with van der Waals surface area (Å²) in [5.74, 6) is 2.23. The quantitative estimate of drug-likeness (QED) is 0.0460. The number of aliphatic hydroxyl groups excluding tert-OH is 2. The smallest absolute Gasteiger partial charge is 0.793 e. The van der Waals surface area contributed by atoms with E-state index in [0.29, 0.717) is 100 Å². The van der Waals surface area contributed by atoms with Crippen LogP contribution in [0.5, 0.6) is 0 Å². The number of rotatable bonds is 16. The number of halogens is 2. The fraction of sp³-hybridized carbons (Fsp3) is 0.377. The van der Waals surface area contributed by atoms with Crippen LogP contribution in [0.1, 0.15) is 129 Å². The Kier molecular flexibility index (Phi) is 29.2. The largest absolute Gasteiger partial charge is 1.00 e. The Hall–Kier alpha value is -9.56. The summed E-state index contributed by atoms with van der Waals surface area (Å²) in [6, 6.07) is 33.0. The van der Waals surface area contributed by atoms with Crippen LogP contribution >= 0.6 is 22.7 Å². The average molecular weight is 1500 g/mol. The monoisotopic (exact) mass is 1500 g/mol. The zero-order valence-electron chi connectivity index (χ0n) is 62.6. The van der Waals surface area contributed by atoms with Crippen LogP contribution in [0.3, 0.4) is 0 Å². The second kappa shape index (κ2) is 38.3. The van der Waals surface area contributed by atoms with Gasteiger partial charge in [-0.2, -0.15) is 10.5 Å². The summed E-state index contributed by atoms with van der Waals surface area (Å²) in [4.78, 5) is 86.7. The number of thiazole rings is 2. The number of carbonyl (C=O) groups is 4. The molecule has 0 spiro atoms. The summed E-state index contributed by atoms with van der Waals surface area (Å²) in [6.45, 7) is 13.9. The zero-order chi connectivity index (χ0) is 77.1. The van der Waals surface area contributed by atoms with Gasteiger partial charge in [-0.25, -0.2) is 58.0 Å². The van der Waals surface area contributed by atoms with Gasteiger partial charge in [-0.1, -0.05) is 50.3 Å². The van der Waals surface area contributed by atoms with Crippen molar-refractivity contribution in [2.45, 2.75) is 125 Å². The van der Waals surface area contributed by atoms with Gasteiger partial charge in [0.15, 0.2) is 10.3 Å². The van der Waals surface area contributed by atoms with E-state index in [1.165, 1.54) is 66.7 Å². The molecule has 8 aromatic heterocycles. The van der Waals surface area contributed by atoms with Gasteiger partial charge in [-0.3, -0.25) is 18.4 Å². The van der Waals surface area contributed by atoms with Crippen molar-refractivity contribution in [3.63, 3.8) is 0 Å². The summed E-state index contributed by atoms with van der Waals surface area (Å²) < 4.78 is 41.0. The summed E-state index contributed by atoms with van der Waals surface area (Å²) in [7, 11) is 8.18. The third kappa shape index (κ3) is 21.4. The predicted octanol–water partition coefficient (Wildman–Crippen LogP) is 10.4. The van der Waals surface area contributed by atoms with E-state index in [1.807, 2.05) is 71.2 Å². The molecule has 0 unspecified atom stereocenters. The molecule has 4 N–H and O–H groups in total. The van der Waals surface area contributed by atoms with Gasteiger partial charge in [-0.05, 0) is 166 Å². The molecule has 4 fully saturated rings. The number of anilines is 6. The van der Waals surface area contributed by atoms with E-state index in [4.69, 9.17) is 37.1 Å². The van der Waals surface area contributed by atoms with Crippen molar-refractivity contribution in [1.82, 2.24) is 38.7 Å². The number of carbonyl (C=O) groups excluding carboxylic acids is 4. The molecule has 2 saturated carbocycles. The molecule has 0 atom stereocenters. The van der Waals surface area contributed by atoms with Gasteiger partial charge in [0.25, 0.3) is 0 Å². The van der Waals surface area contributed by atoms with E-state index in [2.05, 4.69) is 98.1 Å². The number of aryl methyl sites for hydroxylation is 2. The van der Waals surface area contributed by atoms with Crippen molar-refractivity contribution >= 4 is 99.2 Å². The number of piperidine rings is 2. The minimum absolute atomic E-state index is 0. The average Bonchev–Trinajstić information content (AvgIpc) is 1.61. The molecule has 107 heavy (non-hydrogen) atoms. The second-order valence-corrected chi connectivity index (χ2v) is 27.8. The van der Waals surface area contributed by atoms with E-state index in [1.54, 1.807) is 31.2 Å². The van der Waals surface area contributed by atoms with Gasteiger partial charge in [-0.15, -0.1) is 0 Å². The first-order valence-electron chi connectivity index (χ1n) is 35.4. The van der Waals surface area contributed by atoms with Crippen molar-refractivity contribution < 1.29 is 83.5 Å². The zero-order valence-corrected chi connectivity index (χ0v) is 65.2. The van der Waals surface area contributed by atoms with Crippen molar-refractivity contribution in [2.24, 2.45) is 17.1 Å². The number of aromatic nitrogens is 8. The standard InChI is InChI=1S/C35H36FN7OS.C30H26FN7OS.C4H9NO.C4H6O4.C2H3BO2.C2H6.Na/c1-3-28-33(41(2)34-40-32(29(19-37)45-34)24-4-8-27(36)9-5-24)43-21-26(7-11-31(43)39-28)25-6-10-30(38-20-25)42-16-12-23(13-17-42)18-35(22-44)14-15-35;1-3-24-29(36(2)30-35-28(25(16-32)40-30)19-4-8-22(31)9-5-19)38-18-21(7-11-27(38)34-24)20-6-10-26(33-17-20)37-14-12-23(39)13-15-37;5-4(3-6)1-2-4;1-3(5)7-8-4(2)6;1-2(4)5-3;1-2;/h4-11,20-21,23,44H,3,12-18,22H2,1-2H3;4-11,17-18H,3,12-15H2,1-2H3;6H,1-3,5H2;1-2H3;1H3;1-2H3;/q;;;;-1;;+1/i;;;;;1D;. The van der Waals surface area contributed by atoms with Crippen LogP contribution in [0.4, 0.5) is 42.3 Å². The number of pyridine rings is 4. The number of benzene rings is 2. The third-order valence-corrected chi connectivity index (χ3v) is 20.4. The topological polar surface area (TPSA) is 309 Å². The Bertz CT molecular complexity index is 4770. The first-order chi connectivity index (χ1) is 51.4. The molecule has 2 aromatic carbocycles. The fourth-order valence-electron chi connectivity index (χ4n) is 12.0. The molecule has 553 valence electrons. The van der Waals surface area contributed by atoms with Crippen molar-refractivity contribution in [3.05, 3.63) is 155 Å². The fourth-order valence-corrected chi connectivity index (χ4v) is 13.7. The first-order valence-corrected chi connectivity index (χ1v) is 36.4. The van der Waals surface area contributed by atoms with Crippen LogP contribution in [0.25, 0.3) is 56.1 Å². The Labute approximate surface area is 653 Å².